The summed E-state index contributed by atoms with van der Waals surface area (Å²) in [4.78, 5) is 23.6. The minimum atomic E-state index is -0.298. The molecular formula is C23H25FN4O. The Morgan fingerprint density at radius 2 is 1.86 bits per heavy atom. The lowest BCUT2D eigenvalue weighted by molar-refractivity contribution is 0.0949. The molecule has 5 nitrogen and oxygen atoms in total. The summed E-state index contributed by atoms with van der Waals surface area (Å²) in [5.41, 5.74) is 3.69. The van der Waals surface area contributed by atoms with Gasteiger partial charge < -0.3 is 10.2 Å². The van der Waals surface area contributed by atoms with Crippen molar-refractivity contribution in [2.45, 2.75) is 27.2 Å². The van der Waals surface area contributed by atoms with Crippen LogP contribution in [0.15, 0.2) is 54.6 Å². The SMILES string of the molecule is CCN(c1cccc(C)c1)c1nc(C)cc(C(=O)NCCc2ccccc2F)n1. The molecule has 0 spiro atoms. The van der Waals surface area contributed by atoms with Gasteiger partial charge in [-0.3, -0.25) is 4.79 Å². The summed E-state index contributed by atoms with van der Waals surface area (Å²) in [7, 11) is 0. The van der Waals surface area contributed by atoms with E-state index in [1.54, 1.807) is 24.3 Å². The van der Waals surface area contributed by atoms with Crippen LogP contribution in [0.3, 0.4) is 0 Å². The number of benzene rings is 2. The van der Waals surface area contributed by atoms with Crippen molar-refractivity contribution in [1.29, 1.82) is 0 Å². The average molecular weight is 392 g/mol. The highest BCUT2D eigenvalue weighted by Crippen LogP contribution is 2.23. The van der Waals surface area contributed by atoms with Crippen molar-refractivity contribution >= 4 is 17.5 Å². The summed E-state index contributed by atoms with van der Waals surface area (Å²) in [6, 6.07) is 16.3. The maximum atomic E-state index is 13.7. The molecule has 0 aliphatic carbocycles. The van der Waals surface area contributed by atoms with Crippen LogP contribution in [-0.4, -0.2) is 29.0 Å². The van der Waals surface area contributed by atoms with Gasteiger partial charge >= 0.3 is 0 Å². The number of nitrogens with zero attached hydrogens (tertiary/aromatic N) is 3. The Bertz CT molecular complexity index is 1010. The van der Waals surface area contributed by atoms with Crippen LogP contribution in [0.4, 0.5) is 16.0 Å². The van der Waals surface area contributed by atoms with Crippen LogP contribution >= 0.6 is 0 Å². The molecule has 1 heterocycles. The maximum absolute atomic E-state index is 13.7. The predicted molar refractivity (Wildman–Crippen MR) is 113 cm³/mol. The average Bonchev–Trinajstić information content (AvgIpc) is 2.69. The Morgan fingerprint density at radius 1 is 1.07 bits per heavy atom. The summed E-state index contributed by atoms with van der Waals surface area (Å²) in [6.07, 6.45) is 0.416. The number of rotatable bonds is 7. The molecule has 3 aromatic rings. The molecule has 0 bridgehead atoms. The minimum Gasteiger partial charge on any atom is -0.350 e. The monoisotopic (exact) mass is 392 g/mol. The van der Waals surface area contributed by atoms with Gasteiger partial charge in [-0.05, 0) is 62.6 Å². The Kier molecular flexibility index (Phi) is 6.54. The second-order valence-electron chi connectivity index (χ2n) is 6.88. The molecule has 2 aromatic carbocycles. The van der Waals surface area contributed by atoms with Gasteiger partial charge in [0.1, 0.15) is 11.5 Å². The Balaban J connectivity index is 1.75. The van der Waals surface area contributed by atoms with E-state index in [2.05, 4.69) is 21.4 Å². The molecule has 0 unspecified atom stereocenters. The van der Waals surface area contributed by atoms with Gasteiger partial charge in [-0.2, -0.15) is 0 Å². The molecule has 150 valence electrons. The summed E-state index contributed by atoms with van der Waals surface area (Å²) in [6.45, 7) is 6.88. The molecule has 0 aliphatic heterocycles. The molecule has 0 fully saturated rings. The second kappa shape index (κ2) is 9.28. The molecule has 0 aliphatic rings. The number of carbonyl (C=O) groups is 1. The van der Waals surface area contributed by atoms with Crippen LogP contribution in [0.25, 0.3) is 0 Å². The number of aromatic nitrogens is 2. The summed E-state index contributed by atoms with van der Waals surface area (Å²) >= 11 is 0. The van der Waals surface area contributed by atoms with E-state index in [0.29, 0.717) is 42.4 Å². The third kappa shape index (κ3) is 5.16. The van der Waals surface area contributed by atoms with Crippen molar-refractivity contribution in [3.8, 4) is 0 Å². The topological polar surface area (TPSA) is 58.1 Å². The van der Waals surface area contributed by atoms with Gasteiger partial charge in [0.25, 0.3) is 5.91 Å². The van der Waals surface area contributed by atoms with E-state index in [9.17, 15) is 9.18 Å². The normalized spacial score (nSPS) is 10.6. The van der Waals surface area contributed by atoms with Crippen molar-refractivity contribution in [3.63, 3.8) is 0 Å². The summed E-state index contributed by atoms with van der Waals surface area (Å²) in [5, 5.41) is 2.82. The summed E-state index contributed by atoms with van der Waals surface area (Å²) in [5.74, 6) is -0.0793. The van der Waals surface area contributed by atoms with Gasteiger partial charge in [-0.15, -0.1) is 0 Å². The number of halogens is 1. The summed E-state index contributed by atoms with van der Waals surface area (Å²) < 4.78 is 13.7. The number of carbonyl (C=O) groups excluding carboxylic acids is 1. The van der Waals surface area contributed by atoms with Crippen LogP contribution in [0.2, 0.25) is 0 Å². The molecule has 6 heteroatoms. The van der Waals surface area contributed by atoms with Crippen molar-refractivity contribution in [2.24, 2.45) is 0 Å². The largest absolute Gasteiger partial charge is 0.350 e. The Labute approximate surface area is 170 Å². The number of aryl methyl sites for hydroxylation is 2. The van der Waals surface area contributed by atoms with Crippen molar-refractivity contribution < 1.29 is 9.18 Å². The number of nitrogens with one attached hydrogen (secondary N) is 1. The van der Waals surface area contributed by atoms with Crippen molar-refractivity contribution in [2.75, 3.05) is 18.0 Å². The quantitative estimate of drug-likeness (QED) is 0.649. The van der Waals surface area contributed by atoms with Crippen LogP contribution in [0, 0.1) is 19.7 Å². The highest BCUT2D eigenvalue weighted by atomic mass is 19.1. The third-order valence-electron chi connectivity index (χ3n) is 4.58. The molecule has 0 saturated heterocycles. The van der Waals surface area contributed by atoms with E-state index in [1.807, 2.05) is 43.9 Å². The van der Waals surface area contributed by atoms with E-state index in [4.69, 9.17) is 0 Å². The van der Waals surface area contributed by atoms with Crippen molar-refractivity contribution in [1.82, 2.24) is 15.3 Å². The zero-order valence-corrected chi connectivity index (χ0v) is 16.9. The van der Waals surface area contributed by atoms with Gasteiger partial charge in [-0.25, -0.2) is 14.4 Å². The first-order valence-electron chi connectivity index (χ1n) is 9.69. The molecule has 0 atom stereocenters. The van der Waals surface area contributed by atoms with Crippen LogP contribution in [-0.2, 0) is 6.42 Å². The molecule has 29 heavy (non-hydrogen) atoms. The number of hydrogen-bond acceptors (Lipinski definition) is 4. The van der Waals surface area contributed by atoms with Gasteiger partial charge in [0.2, 0.25) is 5.95 Å². The lowest BCUT2D eigenvalue weighted by Crippen LogP contribution is -2.28. The van der Waals surface area contributed by atoms with E-state index in [-0.39, 0.29) is 11.7 Å². The number of hydrogen-bond donors (Lipinski definition) is 1. The lowest BCUT2D eigenvalue weighted by atomic mass is 10.1. The maximum Gasteiger partial charge on any atom is 0.270 e. The lowest BCUT2D eigenvalue weighted by Gasteiger charge is -2.22. The standard InChI is InChI=1S/C23H25FN4O/c1-4-28(19-10-7-8-16(2)14-19)23-26-17(3)15-21(27-23)22(29)25-13-12-18-9-5-6-11-20(18)24/h5-11,14-15H,4,12-13H2,1-3H3,(H,25,29). The van der Waals surface area contributed by atoms with Crippen LogP contribution in [0.5, 0.6) is 0 Å². The van der Waals surface area contributed by atoms with E-state index < -0.39 is 0 Å². The van der Waals surface area contributed by atoms with Crippen LogP contribution in [0.1, 0.15) is 34.2 Å². The molecule has 3 rings (SSSR count). The molecule has 1 aromatic heterocycles. The number of amides is 1. The van der Waals surface area contributed by atoms with Gasteiger partial charge in [-0.1, -0.05) is 30.3 Å². The molecule has 0 radical (unpaired) electrons. The minimum absolute atomic E-state index is 0.265. The van der Waals surface area contributed by atoms with Crippen LogP contribution < -0.4 is 10.2 Å². The zero-order valence-electron chi connectivity index (χ0n) is 16.9. The van der Waals surface area contributed by atoms with E-state index >= 15 is 0 Å². The predicted octanol–water partition coefficient (Wildman–Crippen LogP) is 4.36. The first kappa shape index (κ1) is 20.5. The highest BCUT2D eigenvalue weighted by Gasteiger charge is 2.16. The smallest absolute Gasteiger partial charge is 0.270 e. The zero-order chi connectivity index (χ0) is 20.8. The number of anilines is 2. The third-order valence-corrected chi connectivity index (χ3v) is 4.58. The van der Waals surface area contributed by atoms with E-state index in [0.717, 1.165) is 11.3 Å². The molecule has 0 saturated carbocycles. The van der Waals surface area contributed by atoms with Gasteiger partial charge in [0.15, 0.2) is 0 Å². The molecular weight excluding hydrogens is 367 g/mol. The van der Waals surface area contributed by atoms with E-state index in [1.165, 1.54) is 6.07 Å². The van der Waals surface area contributed by atoms with Crippen molar-refractivity contribution in [3.05, 3.63) is 82.9 Å². The Morgan fingerprint density at radius 3 is 2.59 bits per heavy atom. The first-order chi connectivity index (χ1) is 14.0. The van der Waals surface area contributed by atoms with Gasteiger partial charge in [0, 0.05) is 24.5 Å². The molecule has 1 N–H and O–H groups in total. The fourth-order valence-corrected chi connectivity index (χ4v) is 3.13. The Hall–Kier alpha value is -3.28. The second-order valence-corrected chi connectivity index (χ2v) is 6.88. The fourth-order valence-electron chi connectivity index (χ4n) is 3.13. The first-order valence-corrected chi connectivity index (χ1v) is 9.69. The van der Waals surface area contributed by atoms with Gasteiger partial charge in [0.05, 0.1) is 0 Å². The highest BCUT2D eigenvalue weighted by molar-refractivity contribution is 5.92. The fraction of sp³-hybridized carbons (Fsp3) is 0.261. The molecule has 1 amide bonds.